The standard InChI is InChI=1S/C15H24N2O/c1-16-15-12-17(9-7-14(15)8-10-18)11-13-5-3-2-4-6-13/h2-6,14-16,18H,7-12H2,1H3/t14-,15+/m0/s1. The lowest BCUT2D eigenvalue weighted by atomic mass is 9.89. The van der Waals surface area contributed by atoms with Gasteiger partial charge in [0.15, 0.2) is 0 Å². The van der Waals surface area contributed by atoms with Crippen LogP contribution in [0, 0.1) is 5.92 Å². The van der Waals surface area contributed by atoms with Gasteiger partial charge in [-0.25, -0.2) is 0 Å². The summed E-state index contributed by atoms with van der Waals surface area (Å²) in [5, 5.41) is 12.5. The quantitative estimate of drug-likeness (QED) is 0.828. The highest BCUT2D eigenvalue weighted by Crippen LogP contribution is 2.22. The lowest BCUT2D eigenvalue weighted by molar-refractivity contribution is 0.118. The van der Waals surface area contributed by atoms with Crippen molar-refractivity contribution in [3.05, 3.63) is 35.9 Å². The van der Waals surface area contributed by atoms with E-state index in [0.717, 1.165) is 26.1 Å². The summed E-state index contributed by atoms with van der Waals surface area (Å²) in [6.07, 6.45) is 2.10. The van der Waals surface area contributed by atoms with Crippen molar-refractivity contribution in [1.29, 1.82) is 0 Å². The van der Waals surface area contributed by atoms with Gasteiger partial charge >= 0.3 is 0 Å². The van der Waals surface area contributed by atoms with E-state index in [0.29, 0.717) is 18.6 Å². The van der Waals surface area contributed by atoms with Gasteiger partial charge in [-0.05, 0) is 37.9 Å². The fourth-order valence-corrected chi connectivity index (χ4v) is 2.89. The molecule has 1 aromatic carbocycles. The van der Waals surface area contributed by atoms with Crippen LogP contribution < -0.4 is 5.32 Å². The Labute approximate surface area is 110 Å². The highest BCUT2D eigenvalue weighted by atomic mass is 16.3. The first kappa shape index (κ1) is 13.5. The van der Waals surface area contributed by atoms with Crippen molar-refractivity contribution in [3.63, 3.8) is 0 Å². The molecule has 1 fully saturated rings. The molecule has 3 heteroatoms. The summed E-state index contributed by atoms with van der Waals surface area (Å²) in [6.45, 7) is 3.56. The molecule has 0 unspecified atom stereocenters. The van der Waals surface area contributed by atoms with E-state index in [2.05, 4.69) is 40.5 Å². The Kier molecular flexibility index (Phi) is 5.17. The van der Waals surface area contributed by atoms with Gasteiger partial charge < -0.3 is 10.4 Å². The van der Waals surface area contributed by atoms with E-state index in [1.54, 1.807) is 0 Å². The molecule has 0 spiro atoms. The van der Waals surface area contributed by atoms with Gasteiger partial charge in [0.2, 0.25) is 0 Å². The number of hydrogen-bond acceptors (Lipinski definition) is 3. The molecule has 0 radical (unpaired) electrons. The van der Waals surface area contributed by atoms with Crippen LogP contribution in [0.3, 0.4) is 0 Å². The van der Waals surface area contributed by atoms with E-state index in [-0.39, 0.29) is 0 Å². The lowest BCUT2D eigenvalue weighted by Gasteiger charge is -2.38. The number of likely N-dealkylation sites (N-methyl/N-ethyl adjacent to an activating group) is 1. The second-order valence-electron chi connectivity index (χ2n) is 5.18. The zero-order chi connectivity index (χ0) is 12.8. The van der Waals surface area contributed by atoms with Crippen molar-refractivity contribution in [2.24, 2.45) is 5.92 Å². The molecule has 1 saturated heterocycles. The molecule has 2 atom stereocenters. The first-order valence-electron chi connectivity index (χ1n) is 6.88. The van der Waals surface area contributed by atoms with E-state index in [1.807, 2.05) is 7.05 Å². The Hall–Kier alpha value is -0.900. The third kappa shape index (κ3) is 3.55. The van der Waals surface area contributed by atoms with Gasteiger partial charge in [0.05, 0.1) is 0 Å². The number of benzene rings is 1. The molecular formula is C15H24N2O. The van der Waals surface area contributed by atoms with Crippen molar-refractivity contribution >= 4 is 0 Å². The number of nitrogens with zero attached hydrogens (tertiary/aromatic N) is 1. The summed E-state index contributed by atoms with van der Waals surface area (Å²) < 4.78 is 0. The molecule has 0 aromatic heterocycles. The zero-order valence-corrected chi connectivity index (χ0v) is 11.2. The van der Waals surface area contributed by atoms with E-state index >= 15 is 0 Å². The average molecular weight is 248 g/mol. The molecule has 1 heterocycles. The maximum Gasteiger partial charge on any atom is 0.0434 e. The molecule has 0 aliphatic carbocycles. The largest absolute Gasteiger partial charge is 0.396 e. The van der Waals surface area contributed by atoms with Crippen molar-refractivity contribution in [1.82, 2.24) is 10.2 Å². The van der Waals surface area contributed by atoms with Crippen LogP contribution in [-0.4, -0.2) is 42.8 Å². The molecule has 1 aliphatic rings. The fourth-order valence-electron chi connectivity index (χ4n) is 2.89. The van der Waals surface area contributed by atoms with E-state index < -0.39 is 0 Å². The molecule has 100 valence electrons. The molecule has 0 saturated carbocycles. The molecule has 0 amide bonds. The van der Waals surface area contributed by atoms with Crippen LogP contribution >= 0.6 is 0 Å². The van der Waals surface area contributed by atoms with Crippen molar-refractivity contribution in [2.75, 3.05) is 26.7 Å². The first-order valence-corrected chi connectivity index (χ1v) is 6.88. The van der Waals surface area contributed by atoms with Crippen LogP contribution in [0.1, 0.15) is 18.4 Å². The maximum atomic E-state index is 9.09. The van der Waals surface area contributed by atoms with Crippen molar-refractivity contribution in [2.45, 2.75) is 25.4 Å². The van der Waals surface area contributed by atoms with Crippen molar-refractivity contribution in [3.8, 4) is 0 Å². The highest BCUT2D eigenvalue weighted by Gasteiger charge is 2.27. The Morgan fingerprint density at radius 2 is 2.11 bits per heavy atom. The molecule has 0 bridgehead atoms. The molecule has 1 aliphatic heterocycles. The van der Waals surface area contributed by atoms with Crippen LogP contribution in [0.15, 0.2) is 30.3 Å². The number of rotatable bonds is 5. The summed E-state index contributed by atoms with van der Waals surface area (Å²) in [7, 11) is 2.03. The molecule has 18 heavy (non-hydrogen) atoms. The van der Waals surface area contributed by atoms with Gasteiger partial charge in [0.1, 0.15) is 0 Å². The SMILES string of the molecule is CN[C@@H]1CN(Cc2ccccc2)CC[C@H]1CCO. The second kappa shape index (κ2) is 6.88. The van der Waals surface area contributed by atoms with Crippen molar-refractivity contribution < 1.29 is 5.11 Å². The Morgan fingerprint density at radius 1 is 1.33 bits per heavy atom. The third-order valence-electron chi connectivity index (χ3n) is 3.96. The van der Waals surface area contributed by atoms with Gasteiger partial charge in [0, 0.05) is 25.7 Å². The van der Waals surface area contributed by atoms with Crippen LogP contribution in [-0.2, 0) is 6.54 Å². The van der Waals surface area contributed by atoms with Crippen LogP contribution in [0.25, 0.3) is 0 Å². The molecule has 2 N–H and O–H groups in total. The second-order valence-corrected chi connectivity index (χ2v) is 5.18. The van der Waals surface area contributed by atoms with Gasteiger partial charge in [-0.2, -0.15) is 0 Å². The van der Waals surface area contributed by atoms with Crippen LogP contribution in [0.5, 0.6) is 0 Å². The number of aliphatic hydroxyl groups excluding tert-OH is 1. The number of likely N-dealkylation sites (tertiary alicyclic amines) is 1. The Morgan fingerprint density at radius 3 is 2.78 bits per heavy atom. The summed E-state index contributed by atoms with van der Waals surface area (Å²) >= 11 is 0. The van der Waals surface area contributed by atoms with E-state index in [9.17, 15) is 0 Å². The number of aliphatic hydroxyl groups is 1. The zero-order valence-electron chi connectivity index (χ0n) is 11.2. The summed E-state index contributed by atoms with van der Waals surface area (Å²) in [5.41, 5.74) is 1.38. The summed E-state index contributed by atoms with van der Waals surface area (Å²) in [4.78, 5) is 2.50. The van der Waals surface area contributed by atoms with Crippen LogP contribution in [0.2, 0.25) is 0 Å². The normalized spacial score (nSPS) is 25.2. The fraction of sp³-hybridized carbons (Fsp3) is 0.600. The minimum atomic E-state index is 0.307. The van der Waals surface area contributed by atoms with Crippen LogP contribution in [0.4, 0.5) is 0 Å². The summed E-state index contributed by atoms with van der Waals surface area (Å²) in [5.74, 6) is 0.618. The molecule has 2 rings (SSSR count). The van der Waals surface area contributed by atoms with E-state index in [4.69, 9.17) is 5.11 Å². The number of hydrogen-bond donors (Lipinski definition) is 2. The number of piperidine rings is 1. The molecule has 3 nitrogen and oxygen atoms in total. The average Bonchev–Trinajstić information content (AvgIpc) is 2.42. The topological polar surface area (TPSA) is 35.5 Å². The number of nitrogens with one attached hydrogen (secondary N) is 1. The smallest absolute Gasteiger partial charge is 0.0434 e. The Balaban J connectivity index is 1.89. The van der Waals surface area contributed by atoms with Gasteiger partial charge in [-0.15, -0.1) is 0 Å². The highest BCUT2D eigenvalue weighted by molar-refractivity contribution is 5.14. The molecular weight excluding hydrogens is 224 g/mol. The third-order valence-corrected chi connectivity index (χ3v) is 3.96. The first-order chi connectivity index (χ1) is 8.83. The predicted octanol–water partition coefficient (Wildman–Crippen LogP) is 1.48. The Bertz CT molecular complexity index is 342. The van der Waals surface area contributed by atoms with Gasteiger partial charge in [-0.1, -0.05) is 30.3 Å². The summed E-state index contributed by atoms with van der Waals surface area (Å²) in [6, 6.07) is 11.2. The maximum absolute atomic E-state index is 9.09. The minimum absolute atomic E-state index is 0.307. The lowest BCUT2D eigenvalue weighted by Crippen LogP contribution is -2.49. The monoisotopic (exact) mass is 248 g/mol. The minimum Gasteiger partial charge on any atom is -0.396 e. The molecule has 1 aromatic rings. The van der Waals surface area contributed by atoms with Gasteiger partial charge in [-0.3, -0.25) is 4.90 Å². The van der Waals surface area contributed by atoms with Gasteiger partial charge in [0.25, 0.3) is 0 Å². The van der Waals surface area contributed by atoms with E-state index in [1.165, 1.54) is 12.0 Å². The predicted molar refractivity (Wildman–Crippen MR) is 74.4 cm³/mol.